The zero-order valence-corrected chi connectivity index (χ0v) is 13.1. The van der Waals surface area contributed by atoms with Crippen LogP contribution in [0.3, 0.4) is 0 Å². The van der Waals surface area contributed by atoms with E-state index in [0.29, 0.717) is 0 Å². The van der Waals surface area contributed by atoms with Crippen LogP contribution in [-0.2, 0) is 28.9 Å². The lowest BCUT2D eigenvalue weighted by Gasteiger charge is -2.14. The van der Waals surface area contributed by atoms with Crippen molar-refractivity contribution in [3.05, 3.63) is 47.5 Å². The molecule has 0 aliphatic heterocycles. The number of ether oxygens (including phenoxy) is 2. The van der Waals surface area contributed by atoms with E-state index >= 15 is 0 Å². The first kappa shape index (κ1) is 17.7. The van der Waals surface area contributed by atoms with Crippen molar-refractivity contribution in [3.63, 3.8) is 0 Å². The molecule has 0 N–H and O–H groups in total. The Bertz CT molecular complexity index is 683. The second-order valence-electron chi connectivity index (χ2n) is 4.22. The predicted molar refractivity (Wildman–Crippen MR) is 78.4 cm³/mol. The number of carbonyl (C=O) groups is 2. The zero-order valence-electron chi connectivity index (χ0n) is 12.2. The van der Waals surface area contributed by atoms with E-state index in [1.54, 1.807) is 18.2 Å². The lowest BCUT2D eigenvalue weighted by atomic mass is 10.1. The molecule has 0 amide bonds. The van der Waals surface area contributed by atoms with Crippen molar-refractivity contribution >= 4 is 21.8 Å². The molecule has 0 fully saturated rings. The van der Waals surface area contributed by atoms with Crippen molar-refractivity contribution in [2.45, 2.75) is 11.3 Å². The molecule has 0 heterocycles. The highest BCUT2D eigenvalue weighted by Gasteiger charge is 2.33. The van der Waals surface area contributed by atoms with Crippen LogP contribution in [0.2, 0.25) is 0 Å². The Morgan fingerprint density at radius 1 is 1.14 bits per heavy atom. The van der Waals surface area contributed by atoms with Gasteiger partial charge in [-0.25, -0.2) is 8.42 Å². The molecule has 0 radical (unpaired) electrons. The van der Waals surface area contributed by atoms with Gasteiger partial charge >= 0.3 is 11.9 Å². The van der Waals surface area contributed by atoms with Gasteiger partial charge < -0.3 is 9.47 Å². The molecule has 6 nitrogen and oxygen atoms in total. The Morgan fingerprint density at radius 2 is 1.64 bits per heavy atom. The molecule has 0 aliphatic carbocycles. The van der Waals surface area contributed by atoms with Gasteiger partial charge in [-0.3, -0.25) is 9.59 Å². The Labute approximate surface area is 129 Å². The van der Waals surface area contributed by atoms with E-state index in [9.17, 15) is 18.0 Å². The van der Waals surface area contributed by atoms with Crippen LogP contribution in [0.25, 0.3) is 0 Å². The van der Waals surface area contributed by atoms with Crippen LogP contribution in [0.5, 0.6) is 0 Å². The summed E-state index contributed by atoms with van der Waals surface area (Å²) in [5.74, 6) is -3.16. The monoisotopic (exact) mass is 324 g/mol. The minimum Gasteiger partial charge on any atom is -0.468 e. The van der Waals surface area contributed by atoms with E-state index in [0.717, 1.165) is 14.2 Å². The van der Waals surface area contributed by atoms with E-state index in [4.69, 9.17) is 0 Å². The van der Waals surface area contributed by atoms with E-state index in [1.165, 1.54) is 12.1 Å². The average molecular weight is 324 g/mol. The van der Waals surface area contributed by atoms with E-state index in [-0.39, 0.29) is 9.80 Å². The van der Waals surface area contributed by atoms with E-state index in [2.05, 4.69) is 21.8 Å². The fourth-order valence-electron chi connectivity index (χ4n) is 1.75. The highest BCUT2D eigenvalue weighted by Crippen LogP contribution is 2.25. The van der Waals surface area contributed by atoms with Gasteiger partial charge in [-0.15, -0.1) is 5.73 Å². The number of sulfone groups is 1. The fraction of sp³-hybridized carbons (Fsp3) is 0.267. The van der Waals surface area contributed by atoms with Crippen molar-refractivity contribution in [1.29, 1.82) is 0 Å². The highest BCUT2D eigenvalue weighted by atomic mass is 32.2. The number of carbonyl (C=O) groups excluding carboxylic acids is 2. The van der Waals surface area contributed by atoms with Gasteiger partial charge in [0.05, 0.1) is 24.0 Å². The number of methoxy groups -OCH3 is 2. The maximum absolute atomic E-state index is 12.5. The summed E-state index contributed by atoms with van der Waals surface area (Å²) in [6.07, 6.45) is -0.430. The molecular formula is C15H16O6S. The smallest absolute Gasteiger partial charge is 0.320 e. The molecule has 0 saturated carbocycles. The van der Waals surface area contributed by atoms with Gasteiger partial charge in [0.15, 0.2) is 5.92 Å². The second-order valence-corrected chi connectivity index (χ2v) is 6.19. The summed E-state index contributed by atoms with van der Waals surface area (Å²) in [6.45, 7) is 3.33. The summed E-state index contributed by atoms with van der Waals surface area (Å²) < 4.78 is 34.0. The summed E-state index contributed by atoms with van der Waals surface area (Å²) in [5, 5.41) is 0. The average Bonchev–Trinajstić information content (AvgIpc) is 2.55. The molecule has 0 aromatic heterocycles. The van der Waals surface area contributed by atoms with Gasteiger partial charge in [0.2, 0.25) is 9.84 Å². The van der Waals surface area contributed by atoms with Crippen LogP contribution in [0.4, 0.5) is 0 Å². The quantitative estimate of drug-likeness (QED) is 0.447. The van der Waals surface area contributed by atoms with Crippen LogP contribution in [0.1, 0.15) is 6.42 Å². The SMILES string of the molecule is C=C=C(CC(C(=O)OC)C(=O)OC)S(=O)(=O)c1ccccc1. The number of allylic oxidation sites excluding steroid dienone is 1. The van der Waals surface area contributed by atoms with Crippen molar-refractivity contribution in [2.24, 2.45) is 5.92 Å². The maximum atomic E-state index is 12.5. The fourth-order valence-corrected chi connectivity index (χ4v) is 3.13. The first-order chi connectivity index (χ1) is 10.4. The first-order valence-corrected chi connectivity index (χ1v) is 7.71. The number of hydrogen-bond donors (Lipinski definition) is 0. The molecular weight excluding hydrogens is 308 g/mol. The summed E-state index contributed by atoms with van der Waals surface area (Å²) in [4.78, 5) is 23.0. The number of esters is 2. The van der Waals surface area contributed by atoms with Gasteiger partial charge in [-0.2, -0.15) is 0 Å². The molecule has 0 aliphatic rings. The molecule has 22 heavy (non-hydrogen) atoms. The first-order valence-electron chi connectivity index (χ1n) is 6.23. The Hall–Kier alpha value is -2.37. The topological polar surface area (TPSA) is 86.7 Å². The van der Waals surface area contributed by atoms with Crippen molar-refractivity contribution in [2.75, 3.05) is 14.2 Å². The van der Waals surface area contributed by atoms with Crippen molar-refractivity contribution in [1.82, 2.24) is 0 Å². The summed E-state index contributed by atoms with van der Waals surface area (Å²) in [5.41, 5.74) is 2.29. The standard InChI is InChI=1S/C15H16O6S/c1-4-11(10-13(14(16)20-2)15(17)21-3)22(18,19)12-8-6-5-7-9-12/h5-9,13H,1,10H2,2-3H3. The lowest BCUT2D eigenvalue weighted by molar-refractivity contribution is -0.158. The molecule has 1 aromatic rings. The summed E-state index contributed by atoms with van der Waals surface area (Å²) in [7, 11) is -1.71. The minimum absolute atomic E-state index is 0.0228. The summed E-state index contributed by atoms with van der Waals surface area (Å²) in [6, 6.07) is 7.59. The van der Waals surface area contributed by atoms with Crippen LogP contribution < -0.4 is 0 Å². The van der Waals surface area contributed by atoms with Gasteiger partial charge in [0.25, 0.3) is 0 Å². The second kappa shape index (κ2) is 7.59. The third kappa shape index (κ3) is 3.84. The normalized spacial score (nSPS) is 10.7. The van der Waals surface area contributed by atoms with Crippen molar-refractivity contribution < 1.29 is 27.5 Å². The molecule has 0 unspecified atom stereocenters. The summed E-state index contributed by atoms with van der Waals surface area (Å²) >= 11 is 0. The molecule has 118 valence electrons. The van der Waals surface area contributed by atoms with Crippen LogP contribution in [0.15, 0.2) is 52.4 Å². The Morgan fingerprint density at radius 3 is 2.05 bits per heavy atom. The third-order valence-corrected chi connectivity index (χ3v) is 4.79. The Balaban J connectivity index is 3.19. The van der Waals surface area contributed by atoms with Crippen molar-refractivity contribution in [3.8, 4) is 0 Å². The number of rotatable bonds is 6. The zero-order chi connectivity index (χ0) is 16.8. The molecule has 0 spiro atoms. The van der Waals surface area contributed by atoms with Gasteiger partial charge in [0, 0.05) is 6.42 Å². The van der Waals surface area contributed by atoms with Crippen LogP contribution >= 0.6 is 0 Å². The number of hydrogen-bond acceptors (Lipinski definition) is 6. The maximum Gasteiger partial charge on any atom is 0.320 e. The van der Waals surface area contributed by atoms with Gasteiger partial charge in [-0.05, 0) is 12.1 Å². The third-order valence-electron chi connectivity index (χ3n) is 2.94. The molecule has 0 atom stereocenters. The predicted octanol–water partition coefficient (Wildman–Crippen LogP) is 1.48. The molecule has 7 heteroatoms. The highest BCUT2D eigenvalue weighted by molar-refractivity contribution is 7.95. The molecule has 1 rings (SSSR count). The minimum atomic E-state index is -3.90. The lowest BCUT2D eigenvalue weighted by Crippen LogP contribution is -2.28. The number of benzene rings is 1. The molecule has 0 saturated heterocycles. The van der Waals surface area contributed by atoms with Crippen LogP contribution in [0, 0.1) is 5.92 Å². The van der Waals surface area contributed by atoms with Crippen LogP contribution in [-0.4, -0.2) is 34.6 Å². The van der Waals surface area contributed by atoms with E-state index in [1.807, 2.05) is 0 Å². The van der Waals surface area contributed by atoms with Gasteiger partial charge in [0.1, 0.15) is 0 Å². The Kier molecular flexibility index (Phi) is 6.10. The van der Waals surface area contributed by atoms with E-state index < -0.39 is 34.1 Å². The largest absolute Gasteiger partial charge is 0.468 e. The van der Waals surface area contributed by atoms with Gasteiger partial charge in [-0.1, -0.05) is 24.8 Å². The molecule has 1 aromatic carbocycles. The molecule has 0 bridgehead atoms.